The second-order valence-electron chi connectivity index (χ2n) is 7.15. The van der Waals surface area contributed by atoms with Gasteiger partial charge in [0.15, 0.2) is 0 Å². The zero-order valence-corrected chi connectivity index (χ0v) is 11.5. The van der Waals surface area contributed by atoms with Gasteiger partial charge in [0.05, 0.1) is 0 Å². The topological polar surface area (TPSA) is 50.4 Å². The van der Waals surface area contributed by atoms with Crippen molar-refractivity contribution >= 4 is 6.09 Å². The van der Waals surface area contributed by atoms with E-state index in [2.05, 4.69) is 10.6 Å². The van der Waals surface area contributed by atoms with E-state index >= 15 is 0 Å². The Labute approximate surface area is 109 Å². The van der Waals surface area contributed by atoms with Crippen LogP contribution in [0.15, 0.2) is 0 Å². The van der Waals surface area contributed by atoms with E-state index in [0.717, 1.165) is 24.9 Å². The van der Waals surface area contributed by atoms with E-state index in [-0.39, 0.29) is 6.09 Å². The molecule has 18 heavy (non-hydrogen) atoms. The van der Waals surface area contributed by atoms with Crippen molar-refractivity contribution in [1.29, 1.82) is 0 Å². The second kappa shape index (κ2) is 4.12. The van der Waals surface area contributed by atoms with Crippen LogP contribution in [-0.2, 0) is 4.74 Å². The van der Waals surface area contributed by atoms with E-state index in [1.165, 1.54) is 12.8 Å². The van der Waals surface area contributed by atoms with Gasteiger partial charge in [-0.25, -0.2) is 4.79 Å². The molecule has 3 rings (SSSR count). The summed E-state index contributed by atoms with van der Waals surface area (Å²) >= 11 is 0. The molecule has 0 bridgehead atoms. The van der Waals surface area contributed by atoms with Gasteiger partial charge in [0.2, 0.25) is 0 Å². The molecule has 1 amide bonds. The van der Waals surface area contributed by atoms with E-state index in [0.29, 0.717) is 17.9 Å². The van der Waals surface area contributed by atoms with Gasteiger partial charge in [0.25, 0.3) is 0 Å². The zero-order valence-electron chi connectivity index (χ0n) is 11.5. The Balaban J connectivity index is 1.62. The van der Waals surface area contributed by atoms with Crippen molar-refractivity contribution < 1.29 is 9.53 Å². The highest BCUT2D eigenvalue weighted by Gasteiger charge is 2.54. The quantitative estimate of drug-likeness (QED) is 0.747. The summed E-state index contributed by atoms with van der Waals surface area (Å²) in [6.07, 6.45) is 2.41. The van der Waals surface area contributed by atoms with E-state index in [1.54, 1.807) is 0 Å². The van der Waals surface area contributed by atoms with Gasteiger partial charge in [-0.1, -0.05) is 0 Å². The number of carbonyl (C=O) groups is 1. The molecule has 102 valence electrons. The van der Waals surface area contributed by atoms with Gasteiger partial charge in [-0.15, -0.1) is 0 Å². The van der Waals surface area contributed by atoms with Crippen LogP contribution in [0.2, 0.25) is 0 Å². The number of hydrogen-bond donors (Lipinski definition) is 2. The molecule has 4 nitrogen and oxygen atoms in total. The molecule has 2 aliphatic carbocycles. The first-order chi connectivity index (χ1) is 8.44. The van der Waals surface area contributed by atoms with Gasteiger partial charge in [0.1, 0.15) is 5.60 Å². The average Bonchev–Trinajstić information content (AvgIpc) is 2.82. The van der Waals surface area contributed by atoms with Crippen LogP contribution < -0.4 is 10.6 Å². The van der Waals surface area contributed by atoms with Crippen molar-refractivity contribution in [1.82, 2.24) is 10.6 Å². The molecule has 1 saturated heterocycles. The number of nitrogens with one attached hydrogen (secondary N) is 2. The molecule has 0 aromatic heterocycles. The Hall–Kier alpha value is -0.770. The number of alkyl carbamates (subject to hydrolysis) is 1. The highest BCUT2D eigenvalue weighted by Crippen LogP contribution is 2.54. The van der Waals surface area contributed by atoms with Crippen LogP contribution in [0.25, 0.3) is 0 Å². The summed E-state index contributed by atoms with van der Waals surface area (Å²) in [4.78, 5) is 11.9. The van der Waals surface area contributed by atoms with Crippen LogP contribution >= 0.6 is 0 Å². The number of carbonyl (C=O) groups excluding carboxylic acids is 1. The van der Waals surface area contributed by atoms with Crippen molar-refractivity contribution in [3.05, 3.63) is 0 Å². The number of rotatable bonds is 1. The molecule has 0 spiro atoms. The molecule has 0 aromatic rings. The lowest BCUT2D eigenvalue weighted by molar-refractivity contribution is 0.0453. The van der Waals surface area contributed by atoms with E-state index in [4.69, 9.17) is 4.74 Å². The van der Waals surface area contributed by atoms with Crippen LogP contribution in [-0.4, -0.2) is 30.8 Å². The molecule has 0 aromatic carbocycles. The Kier molecular flexibility index (Phi) is 2.81. The van der Waals surface area contributed by atoms with Crippen molar-refractivity contribution in [2.24, 2.45) is 23.7 Å². The Bertz CT molecular complexity index is 350. The standard InChI is InChI=1S/C14H24N2O2/c1-14(2,3)18-13(17)16-12-10-5-8(10)4-9-6-15-7-11(9)12/h8-12,15H,4-7H2,1-3H3,(H,16,17)/t8-,9-,10+,11+,12+/m0/s1. The minimum atomic E-state index is -0.408. The average molecular weight is 252 g/mol. The number of amides is 1. The molecular weight excluding hydrogens is 228 g/mol. The fourth-order valence-electron chi connectivity index (χ4n) is 3.78. The molecule has 1 heterocycles. The Morgan fingerprint density at radius 3 is 2.67 bits per heavy atom. The smallest absolute Gasteiger partial charge is 0.407 e. The molecular formula is C14H24N2O2. The molecule has 4 heteroatoms. The highest BCUT2D eigenvalue weighted by molar-refractivity contribution is 5.68. The predicted molar refractivity (Wildman–Crippen MR) is 69.2 cm³/mol. The van der Waals surface area contributed by atoms with Gasteiger partial charge in [-0.3, -0.25) is 0 Å². The molecule has 3 fully saturated rings. The number of ether oxygens (including phenoxy) is 1. The van der Waals surface area contributed by atoms with Crippen molar-refractivity contribution in [3.8, 4) is 0 Å². The van der Waals surface area contributed by atoms with E-state index in [1.807, 2.05) is 20.8 Å². The van der Waals surface area contributed by atoms with Crippen LogP contribution in [0.1, 0.15) is 33.6 Å². The maximum absolute atomic E-state index is 11.9. The van der Waals surface area contributed by atoms with Crippen LogP contribution in [0.3, 0.4) is 0 Å². The SMILES string of the molecule is CC(C)(C)OC(=O)N[C@H]1[C@@H]2CNC[C@@H]2C[C@H]2C[C@H]21. The first kappa shape index (κ1) is 12.3. The Morgan fingerprint density at radius 1 is 1.17 bits per heavy atom. The molecule has 2 saturated carbocycles. The summed E-state index contributed by atoms with van der Waals surface area (Å²) in [5.74, 6) is 2.93. The van der Waals surface area contributed by atoms with Crippen molar-refractivity contribution in [3.63, 3.8) is 0 Å². The largest absolute Gasteiger partial charge is 0.444 e. The lowest BCUT2D eigenvalue weighted by Gasteiger charge is -2.34. The first-order valence-electron chi connectivity index (χ1n) is 7.14. The van der Waals surface area contributed by atoms with Gasteiger partial charge in [-0.2, -0.15) is 0 Å². The normalized spacial score (nSPS) is 41.8. The van der Waals surface area contributed by atoms with E-state index in [9.17, 15) is 4.79 Å². The van der Waals surface area contributed by atoms with Crippen LogP contribution in [0.5, 0.6) is 0 Å². The second-order valence-corrected chi connectivity index (χ2v) is 7.15. The van der Waals surface area contributed by atoms with Gasteiger partial charge >= 0.3 is 6.09 Å². The fraction of sp³-hybridized carbons (Fsp3) is 0.929. The zero-order chi connectivity index (χ0) is 12.9. The molecule has 0 radical (unpaired) electrons. The highest BCUT2D eigenvalue weighted by atomic mass is 16.6. The predicted octanol–water partition coefficient (Wildman–Crippen LogP) is 1.76. The molecule has 0 unspecified atom stereocenters. The van der Waals surface area contributed by atoms with Crippen LogP contribution in [0, 0.1) is 23.7 Å². The summed E-state index contributed by atoms with van der Waals surface area (Å²) in [6, 6.07) is 0.332. The summed E-state index contributed by atoms with van der Waals surface area (Å²) in [7, 11) is 0. The van der Waals surface area contributed by atoms with Crippen molar-refractivity contribution in [2.45, 2.75) is 45.3 Å². The summed E-state index contributed by atoms with van der Waals surface area (Å²) in [5, 5.41) is 6.60. The summed E-state index contributed by atoms with van der Waals surface area (Å²) < 4.78 is 5.39. The van der Waals surface area contributed by atoms with Gasteiger partial charge < -0.3 is 15.4 Å². The van der Waals surface area contributed by atoms with Gasteiger partial charge in [0, 0.05) is 12.6 Å². The lowest BCUT2D eigenvalue weighted by Crippen LogP contribution is -2.48. The monoisotopic (exact) mass is 252 g/mol. The third-order valence-corrected chi connectivity index (χ3v) is 4.58. The molecule has 5 atom stereocenters. The first-order valence-corrected chi connectivity index (χ1v) is 7.14. The third-order valence-electron chi connectivity index (χ3n) is 4.58. The summed E-state index contributed by atoms with van der Waals surface area (Å²) in [6.45, 7) is 7.91. The van der Waals surface area contributed by atoms with E-state index < -0.39 is 5.60 Å². The third kappa shape index (κ3) is 2.35. The van der Waals surface area contributed by atoms with Gasteiger partial charge in [-0.05, 0) is 63.8 Å². The molecule has 2 N–H and O–H groups in total. The molecule has 1 aliphatic heterocycles. The lowest BCUT2D eigenvalue weighted by atomic mass is 9.78. The minimum absolute atomic E-state index is 0.245. The maximum atomic E-state index is 11.9. The summed E-state index contributed by atoms with van der Waals surface area (Å²) in [5.41, 5.74) is -0.408. The van der Waals surface area contributed by atoms with Crippen molar-refractivity contribution in [2.75, 3.05) is 13.1 Å². The Morgan fingerprint density at radius 2 is 1.94 bits per heavy atom. The van der Waals surface area contributed by atoms with Crippen LogP contribution in [0.4, 0.5) is 4.79 Å². The molecule has 3 aliphatic rings. The maximum Gasteiger partial charge on any atom is 0.407 e. The minimum Gasteiger partial charge on any atom is -0.444 e. The number of fused-ring (bicyclic) bond motifs is 2. The fourth-order valence-corrected chi connectivity index (χ4v) is 3.78. The number of hydrogen-bond acceptors (Lipinski definition) is 3.